The van der Waals surface area contributed by atoms with Crippen molar-refractivity contribution in [2.75, 3.05) is 26.3 Å². The van der Waals surface area contributed by atoms with Crippen molar-refractivity contribution in [2.45, 2.75) is 32.4 Å². The van der Waals surface area contributed by atoms with Gasteiger partial charge in [0.25, 0.3) is 0 Å². The largest absolute Gasteiger partial charge is 0.444 e. The fourth-order valence-electron chi connectivity index (χ4n) is 1.27. The Hall–Kier alpha value is -0.810. The standard InChI is InChI=1S/C10H20N2O3/c1-10(2,3)15-9(13)12-6-8-7-14-5-4-11-8/h8,11H,4-7H2,1-3H3,(H,12,13). The third-order valence-electron chi connectivity index (χ3n) is 1.89. The summed E-state index contributed by atoms with van der Waals surface area (Å²) in [6.07, 6.45) is -0.380. The van der Waals surface area contributed by atoms with Gasteiger partial charge < -0.3 is 20.1 Å². The molecule has 1 fully saturated rings. The van der Waals surface area contributed by atoms with Crippen LogP contribution in [0, 0.1) is 0 Å². The summed E-state index contributed by atoms with van der Waals surface area (Å²) in [5.74, 6) is 0. The molecule has 1 atom stereocenters. The second-order valence-corrected chi connectivity index (χ2v) is 4.61. The summed E-state index contributed by atoms with van der Waals surface area (Å²) >= 11 is 0. The minimum absolute atomic E-state index is 0.186. The minimum Gasteiger partial charge on any atom is -0.444 e. The Bertz CT molecular complexity index is 207. The number of rotatable bonds is 2. The number of amides is 1. The Balaban J connectivity index is 2.15. The Morgan fingerprint density at radius 2 is 2.33 bits per heavy atom. The topological polar surface area (TPSA) is 59.6 Å². The Morgan fingerprint density at radius 1 is 1.60 bits per heavy atom. The van der Waals surface area contributed by atoms with Crippen LogP contribution in [0.5, 0.6) is 0 Å². The quantitative estimate of drug-likeness (QED) is 0.705. The zero-order valence-electron chi connectivity index (χ0n) is 9.63. The van der Waals surface area contributed by atoms with Crippen molar-refractivity contribution in [3.63, 3.8) is 0 Å². The van der Waals surface area contributed by atoms with E-state index in [1.54, 1.807) is 0 Å². The van der Waals surface area contributed by atoms with E-state index in [0.29, 0.717) is 13.2 Å². The van der Waals surface area contributed by atoms with Crippen LogP contribution in [0.15, 0.2) is 0 Å². The molecule has 1 aliphatic heterocycles. The molecular weight excluding hydrogens is 196 g/mol. The van der Waals surface area contributed by atoms with Gasteiger partial charge >= 0.3 is 6.09 Å². The Morgan fingerprint density at radius 3 is 2.87 bits per heavy atom. The van der Waals surface area contributed by atoms with Crippen LogP contribution >= 0.6 is 0 Å². The van der Waals surface area contributed by atoms with Crippen LogP contribution in [-0.4, -0.2) is 44.0 Å². The molecule has 2 N–H and O–H groups in total. The van der Waals surface area contributed by atoms with Crippen LogP contribution in [0.25, 0.3) is 0 Å². The number of alkyl carbamates (subject to hydrolysis) is 1. The van der Waals surface area contributed by atoms with E-state index in [0.717, 1.165) is 13.2 Å². The first-order chi connectivity index (χ1) is 6.97. The molecule has 0 aliphatic carbocycles. The molecule has 0 spiro atoms. The number of carbonyl (C=O) groups is 1. The smallest absolute Gasteiger partial charge is 0.407 e. The van der Waals surface area contributed by atoms with Gasteiger partial charge in [0.1, 0.15) is 5.60 Å². The van der Waals surface area contributed by atoms with E-state index >= 15 is 0 Å². The van der Waals surface area contributed by atoms with Crippen molar-refractivity contribution in [3.05, 3.63) is 0 Å². The maximum Gasteiger partial charge on any atom is 0.407 e. The average molecular weight is 216 g/mol. The lowest BCUT2D eigenvalue weighted by atomic mass is 10.2. The second kappa shape index (κ2) is 5.32. The number of hydrogen-bond donors (Lipinski definition) is 2. The number of carbonyl (C=O) groups excluding carboxylic acids is 1. The lowest BCUT2D eigenvalue weighted by Crippen LogP contribution is -2.49. The van der Waals surface area contributed by atoms with Crippen LogP contribution in [0.3, 0.4) is 0 Å². The number of ether oxygens (including phenoxy) is 2. The second-order valence-electron chi connectivity index (χ2n) is 4.61. The molecule has 5 nitrogen and oxygen atoms in total. The fraction of sp³-hybridized carbons (Fsp3) is 0.900. The molecule has 0 radical (unpaired) electrons. The Labute approximate surface area is 90.5 Å². The first-order valence-electron chi connectivity index (χ1n) is 5.25. The van der Waals surface area contributed by atoms with Gasteiger partial charge in [0.2, 0.25) is 0 Å². The van der Waals surface area contributed by atoms with Crippen LogP contribution in [-0.2, 0) is 9.47 Å². The molecule has 0 bridgehead atoms. The fourth-order valence-corrected chi connectivity index (χ4v) is 1.27. The van der Waals surface area contributed by atoms with E-state index < -0.39 is 5.60 Å². The molecule has 1 amide bonds. The van der Waals surface area contributed by atoms with Crippen LogP contribution < -0.4 is 10.6 Å². The van der Waals surface area contributed by atoms with Crippen molar-refractivity contribution < 1.29 is 14.3 Å². The highest BCUT2D eigenvalue weighted by Gasteiger charge is 2.18. The molecule has 1 heterocycles. The molecule has 0 aromatic heterocycles. The maximum atomic E-state index is 11.3. The first kappa shape index (κ1) is 12.3. The summed E-state index contributed by atoms with van der Waals surface area (Å²) in [6.45, 7) is 8.27. The SMILES string of the molecule is CC(C)(C)OC(=O)NCC1COCCN1. The molecule has 1 rings (SSSR count). The van der Waals surface area contributed by atoms with Gasteiger partial charge in [-0.2, -0.15) is 0 Å². The van der Waals surface area contributed by atoms with Crippen molar-refractivity contribution in [1.29, 1.82) is 0 Å². The van der Waals surface area contributed by atoms with Gasteiger partial charge in [-0.15, -0.1) is 0 Å². The third-order valence-corrected chi connectivity index (χ3v) is 1.89. The minimum atomic E-state index is -0.444. The normalized spacial score (nSPS) is 22.2. The van der Waals surface area contributed by atoms with E-state index in [9.17, 15) is 4.79 Å². The highest BCUT2D eigenvalue weighted by Crippen LogP contribution is 2.06. The van der Waals surface area contributed by atoms with E-state index in [4.69, 9.17) is 9.47 Å². The van der Waals surface area contributed by atoms with E-state index in [-0.39, 0.29) is 12.1 Å². The first-order valence-corrected chi connectivity index (χ1v) is 5.25. The van der Waals surface area contributed by atoms with E-state index in [1.807, 2.05) is 20.8 Å². The summed E-state index contributed by atoms with van der Waals surface area (Å²) in [4.78, 5) is 11.3. The molecular formula is C10H20N2O3. The molecule has 15 heavy (non-hydrogen) atoms. The molecule has 1 saturated heterocycles. The predicted octanol–water partition coefficient (Wildman–Crippen LogP) is 0.500. The van der Waals surface area contributed by atoms with Gasteiger partial charge in [-0.05, 0) is 20.8 Å². The van der Waals surface area contributed by atoms with Gasteiger partial charge in [-0.1, -0.05) is 0 Å². The highest BCUT2D eigenvalue weighted by molar-refractivity contribution is 5.67. The van der Waals surface area contributed by atoms with Gasteiger partial charge in [-0.25, -0.2) is 4.79 Å². The highest BCUT2D eigenvalue weighted by atomic mass is 16.6. The summed E-state index contributed by atoms with van der Waals surface area (Å²) in [6, 6.07) is 0.186. The molecule has 1 aliphatic rings. The van der Waals surface area contributed by atoms with Crippen LogP contribution in [0.2, 0.25) is 0 Å². The molecule has 0 saturated carbocycles. The van der Waals surface area contributed by atoms with E-state index in [2.05, 4.69) is 10.6 Å². The van der Waals surface area contributed by atoms with Crippen molar-refractivity contribution in [3.8, 4) is 0 Å². The number of hydrogen-bond acceptors (Lipinski definition) is 4. The number of nitrogens with one attached hydrogen (secondary N) is 2. The van der Waals surface area contributed by atoms with Crippen molar-refractivity contribution in [1.82, 2.24) is 10.6 Å². The molecule has 5 heteroatoms. The maximum absolute atomic E-state index is 11.3. The van der Waals surface area contributed by atoms with Gasteiger partial charge in [0.05, 0.1) is 13.2 Å². The third kappa shape index (κ3) is 5.59. The summed E-state index contributed by atoms with van der Waals surface area (Å²) in [5, 5.41) is 5.95. The Kier molecular flexibility index (Phi) is 4.35. The molecule has 1 unspecified atom stereocenters. The zero-order chi connectivity index (χ0) is 11.3. The monoisotopic (exact) mass is 216 g/mol. The summed E-state index contributed by atoms with van der Waals surface area (Å²) in [5.41, 5.74) is -0.444. The lowest BCUT2D eigenvalue weighted by Gasteiger charge is -2.25. The average Bonchev–Trinajstić information content (AvgIpc) is 2.14. The van der Waals surface area contributed by atoms with Gasteiger partial charge in [0.15, 0.2) is 0 Å². The molecule has 0 aromatic rings. The molecule has 88 valence electrons. The summed E-state index contributed by atoms with van der Waals surface area (Å²) < 4.78 is 10.4. The van der Waals surface area contributed by atoms with E-state index in [1.165, 1.54) is 0 Å². The predicted molar refractivity (Wildman–Crippen MR) is 56.8 cm³/mol. The lowest BCUT2D eigenvalue weighted by molar-refractivity contribution is 0.0475. The van der Waals surface area contributed by atoms with Crippen LogP contribution in [0.4, 0.5) is 4.79 Å². The van der Waals surface area contributed by atoms with Gasteiger partial charge in [-0.3, -0.25) is 0 Å². The van der Waals surface area contributed by atoms with Crippen molar-refractivity contribution >= 4 is 6.09 Å². The molecule has 0 aromatic carbocycles. The zero-order valence-corrected chi connectivity index (χ0v) is 9.63. The summed E-state index contributed by atoms with van der Waals surface area (Å²) in [7, 11) is 0. The van der Waals surface area contributed by atoms with Gasteiger partial charge in [0, 0.05) is 19.1 Å². The van der Waals surface area contributed by atoms with Crippen molar-refractivity contribution in [2.24, 2.45) is 0 Å². The van der Waals surface area contributed by atoms with Crippen LogP contribution in [0.1, 0.15) is 20.8 Å². The number of morpholine rings is 1.